The van der Waals surface area contributed by atoms with E-state index in [2.05, 4.69) is 30.6 Å². The van der Waals surface area contributed by atoms with Crippen LogP contribution in [0.15, 0.2) is 59.9 Å². The van der Waals surface area contributed by atoms with Crippen LogP contribution in [0.5, 0.6) is 0 Å². The first-order chi connectivity index (χ1) is 18.7. The van der Waals surface area contributed by atoms with E-state index in [1.165, 1.54) is 23.0 Å². The van der Waals surface area contributed by atoms with Gasteiger partial charge in [-0.05, 0) is 36.4 Å². The average Bonchev–Trinajstić information content (AvgIpc) is 3.47. The summed E-state index contributed by atoms with van der Waals surface area (Å²) in [6.45, 7) is -0.668. The molecule has 0 aliphatic carbocycles. The number of aliphatic hydroxyl groups is 3. The van der Waals surface area contributed by atoms with Gasteiger partial charge < -0.3 is 30.7 Å². The highest BCUT2D eigenvalue weighted by molar-refractivity contribution is 7.85. The molecule has 4 aromatic rings. The Hall–Kier alpha value is -4.06. The number of aromatic nitrogens is 5. The normalized spacial score (nSPS) is 21.2. The molecule has 16 heteroatoms. The van der Waals surface area contributed by atoms with E-state index >= 15 is 0 Å². The third-order valence-corrected chi connectivity index (χ3v) is 6.86. The van der Waals surface area contributed by atoms with Gasteiger partial charge in [-0.1, -0.05) is 6.07 Å². The number of amides is 1. The summed E-state index contributed by atoms with van der Waals surface area (Å²) in [4.78, 5) is 29.8. The monoisotopic (exact) mass is 557 g/mol. The number of nitrogens with zero attached hydrogens (tertiary/aromatic N) is 5. The number of pyridine rings is 1. The number of carbonyl (C=O) groups excluding carboxylic acids is 1. The van der Waals surface area contributed by atoms with Gasteiger partial charge in [0.25, 0.3) is 16.0 Å². The smallest absolute Gasteiger partial charge is 0.294 e. The van der Waals surface area contributed by atoms with Gasteiger partial charge in [-0.2, -0.15) is 8.42 Å². The standard InChI is InChI=1S/C23H23N7O8S/c31-10-14-18(32)19(33)23(38-14)30-11-26-17-20(27-15-3-1-2-8-24-15)28-16(29-21(17)30)9-25-22(34)12-4-6-13(7-5-12)39(35,36)37/h1-8,11,14,18-19,23,31-33H,9-10H2,(H,25,34)(H,35,36,37)(H,24,27,28,29)/t14-,18-,19-,23-/m1/s1. The predicted octanol–water partition coefficient (Wildman–Crippen LogP) is -0.247. The molecule has 0 radical (unpaired) electrons. The lowest BCUT2D eigenvalue weighted by Crippen LogP contribution is -2.33. The van der Waals surface area contributed by atoms with Crippen LogP contribution in [0.4, 0.5) is 11.6 Å². The van der Waals surface area contributed by atoms with Crippen molar-refractivity contribution in [3.63, 3.8) is 0 Å². The van der Waals surface area contributed by atoms with E-state index in [-0.39, 0.29) is 39.8 Å². The zero-order chi connectivity index (χ0) is 27.7. The molecule has 1 fully saturated rings. The van der Waals surface area contributed by atoms with Crippen molar-refractivity contribution in [1.82, 2.24) is 29.8 Å². The molecular formula is C23H23N7O8S. The Bertz CT molecular complexity index is 1600. The minimum absolute atomic E-state index is 0.131. The van der Waals surface area contributed by atoms with E-state index in [4.69, 9.17) is 9.29 Å². The number of aliphatic hydroxyl groups excluding tert-OH is 3. The molecule has 0 saturated carbocycles. The molecule has 39 heavy (non-hydrogen) atoms. The highest BCUT2D eigenvalue weighted by Crippen LogP contribution is 2.32. The van der Waals surface area contributed by atoms with Gasteiger partial charge in [-0.25, -0.2) is 19.9 Å². The quantitative estimate of drug-likeness (QED) is 0.154. The summed E-state index contributed by atoms with van der Waals surface area (Å²) in [7, 11) is -4.40. The second-order valence-electron chi connectivity index (χ2n) is 8.56. The number of hydrogen-bond donors (Lipinski definition) is 6. The van der Waals surface area contributed by atoms with Crippen molar-refractivity contribution in [1.29, 1.82) is 0 Å². The predicted molar refractivity (Wildman–Crippen MR) is 133 cm³/mol. The number of rotatable bonds is 8. The van der Waals surface area contributed by atoms with Gasteiger partial charge in [-0.3, -0.25) is 13.9 Å². The van der Waals surface area contributed by atoms with E-state index in [9.17, 15) is 28.5 Å². The van der Waals surface area contributed by atoms with Crippen LogP contribution in [-0.2, 0) is 21.4 Å². The summed E-state index contributed by atoms with van der Waals surface area (Å²) in [5.41, 5.74) is 0.626. The zero-order valence-electron chi connectivity index (χ0n) is 20.0. The summed E-state index contributed by atoms with van der Waals surface area (Å²) in [6, 6.07) is 9.89. The maximum Gasteiger partial charge on any atom is 0.294 e. The van der Waals surface area contributed by atoms with Gasteiger partial charge in [0, 0.05) is 11.8 Å². The molecule has 204 valence electrons. The second-order valence-corrected chi connectivity index (χ2v) is 9.98. The summed E-state index contributed by atoms with van der Waals surface area (Å²) in [5, 5.41) is 35.9. The molecule has 0 bridgehead atoms. The SMILES string of the molecule is O=C(NCc1nc(Nc2ccccn2)c2ncn([C@@H]3O[C@H](CO)[C@@H](O)[C@H]3O)c2n1)c1ccc(S(=O)(=O)O)cc1. The first-order valence-corrected chi connectivity index (χ1v) is 13.0. The summed E-state index contributed by atoms with van der Waals surface area (Å²) < 4.78 is 38.6. The lowest BCUT2D eigenvalue weighted by atomic mass is 10.1. The Morgan fingerprint density at radius 3 is 2.46 bits per heavy atom. The van der Waals surface area contributed by atoms with Crippen LogP contribution in [-0.4, -0.2) is 83.6 Å². The Kier molecular flexibility index (Phi) is 7.21. The first kappa shape index (κ1) is 26.5. The minimum atomic E-state index is -4.40. The molecule has 4 heterocycles. The molecule has 3 aromatic heterocycles. The number of anilines is 2. The van der Waals surface area contributed by atoms with Crippen LogP contribution >= 0.6 is 0 Å². The summed E-state index contributed by atoms with van der Waals surface area (Å²) in [6.07, 6.45) is -1.91. The van der Waals surface area contributed by atoms with Crippen LogP contribution in [0.25, 0.3) is 11.2 Å². The van der Waals surface area contributed by atoms with Crippen molar-refractivity contribution in [2.75, 3.05) is 11.9 Å². The Morgan fingerprint density at radius 1 is 1.05 bits per heavy atom. The number of fused-ring (bicyclic) bond motifs is 1. The molecule has 1 amide bonds. The average molecular weight is 558 g/mol. The third-order valence-electron chi connectivity index (χ3n) is 5.99. The third kappa shape index (κ3) is 5.42. The Morgan fingerprint density at radius 2 is 1.82 bits per heavy atom. The van der Waals surface area contributed by atoms with Crippen molar-refractivity contribution in [3.8, 4) is 0 Å². The summed E-state index contributed by atoms with van der Waals surface area (Å²) >= 11 is 0. The van der Waals surface area contributed by atoms with Crippen LogP contribution in [0, 0.1) is 0 Å². The molecule has 1 aliphatic heterocycles. The molecular weight excluding hydrogens is 534 g/mol. The van der Waals surface area contributed by atoms with Crippen LogP contribution in [0.3, 0.4) is 0 Å². The molecule has 5 rings (SSSR count). The maximum atomic E-state index is 12.7. The molecule has 6 N–H and O–H groups in total. The van der Waals surface area contributed by atoms with E-state index in [0.717, 1.165) is 12.1 Å². The number of imidazole rings is 1. The van der Waals surface area contributed by atoms with Crippen molar-refractivity contribution in [3.05, 3.63) is 66.4 Å². The van der Waals surface area contributed by atoms with Gasteiger partial charge in [0.05, 0.1) is 24.4 Å². The van der Waals surface area contributed by atoms with E-state index in [1.807, 2.05) is 0 Å². The van der Waals surface area contributed by atoms with Crippen molar-refractivity contribution in [2.45, 2.75) is 36.0 Å². The molecule has 15 nitrogen and oxygen atoms in total. The topological polar surface area (TPSA) is 222 Å². The fourth-order valence-electron chi connectivity index (χ4n) is 4.02. The van der Waals surface area contributed by atoms with Crippen molar-refractivity contribution in [2.24, 2.45) is 0 Å². The first-order valence-electron chi connectivity index (χ1n) is 11.6. The van der Waals surface area contributed by atoms with Crippen LogP contribution in [0.1, 0.15) is 22.4 Å². The number of hydrogen-bond acceptors (Lipinski definition) is 12. The van der Waals surface area contributed by atoms with Gasteiger partial charge in [-0.15, -0.1) is 0 Å². The van der Waals surface area contributed by atoms with Crippen LogP contribution < -0.4 is 10.6 Å². The molecule has 1 saturated heterocycles. The zero-order valence-corrected chi connectivity index (χ0v) is 20.8. The second kappa shape index (κ2) is 10.6. The number of carbonyl (C=O) groups is 1. The highest BCUT2D eigenvalue weighted by atomic mass is 32.2. The van der Waals surface area contributed by atoms with Crippen molar-refractivity contribution < 1.29 is 37.8 Å². The van der Waals surface area contributed by atoms with Gasteiger partial charge >= 0.3 is 0 Å². The lowest BCUT2D eigenvalue weighted by molar-refractivity contribution is -0.0511. The Balaban J connectivity index is 1.46. The van der Waals surface area contributed by atoms with Gasteiger partial charge in [0.2, 0.25) is 0 Å². The fraction of sp³-hybridized carbons (Fsp3) is 0.261. The minimum Gasteiger partial charge on any atom is -0.394 e. The van der Waals surface area contributed by atoms with Gasteiger partial charge in [0.15, 0.2) is 29.0 Å². The highest BCUT2D eigenvalue weighted by Gasteiger charge is 2.44. The number of benzene rings is 1. The molecule has 4 atom stereocenters. The van der Waals surface area contributed by atoms with E-state index in [1.54, 1.807) is 24.4 Å². The van der Waals surface area contributed by atoms with Gasteiger partial charge in [0.1, 0.15) is 24.1 Å². The largest absolute Gasteiger partial charge is 0.394 e. The van der Waals surface area contributed by atoms with E-state index in [0.29, 0.717) is 5.82 Å². The van der Waals surface area contributed by atoms with Crippen LogP contribution in [0.2, 0.25) is 0 Å². The van der Waals surface area contributed by atoms with E-state index < -0.39 is 47.2 Å². The Labute approximate surface area is 220 Å². The molecule has 1 aromatic carbocycles. The molecule has 0 spiro atoms. The molecule has 1 aliphatic rings. The number of nitrogens with one attached hydrogen (secondary N) is 2. The molecule has 0 unspecified atom stereocenters. The van der Waals surface area contributed by atoms with Crippen molar-refractivity contribution >= 4 is 38.8 Å². The number of ether oxygens (including phenoxy) is 1. The fourth-order valence-corrected chi connectivity index (χ4v) is 4.50. The lowest BCUT2D eigenvalue weighted by Gasteiger charge is -2.17. The maximum absolute atomic E-state index is 12.7. The summed E-state index contributed by atoms with van der Waals surface area (Å²) in [5.74, 6) is 0.272.